The molecule has 1 atom stereocenters. The SMILES string of the molecule is CCOc1c(Br)cc(Cl)cc1NC(C)c1cn(C)nc1C. The molecular formula is C15H19BrClN3O. The van der Waals surface area contributed by atoms with Crippen molar-refractivity contribution >= 4 is 33.2 Å². The van der Waals surface area contributed by atoms with Gasteiger partial charge in [0.2, 0.25) is 0 Å². The van der Waals surface area contributed by atoms with Gasteiger partial charge in [-0.3, -0.25) is 4.68 Å². The number of benzene rings is 1. The van der Waals surface area contributed by atoms with Crippen molar-refractivity contribution < 1.29 is 4.74 Å². The van der Waals surface area contributed by atoms with E-state index >= 15 is 0 Å². The van der Waals surface area contributed by atoms with Crippen molar-refractivity contribution in [2.24, 2.45) is 7.05 Å². The molecule has 1 unspecified atom stereocenters. The Morgan fingerprint density at radius 2 is 2.19 bits per heavy atom. The highest BCUT2D eigenvalue weighted by Crippen LogP contribution is 2.38. The molecule has 0 fully saturated rings. The molecule has 0 radical (unpaired) electrons. The minimum Gasteiger partial charge on any atom is -0.491 e. The lowest BCUT2D eigenvalue weighted by molar-refractivity contribution is 0.339. The van der Waals surface area contributed by atoms with Crippen molar-refractivity contribution in [3.8, 4) is 5.75 Å². The predicted octanol–water partition coefficient (Wildman–Crippen LogP) is 4.72. The molecule has 6 heteroatoms. The van der Waals surface area contributed by atoms with Crippen molar-refractivity contribution in [1.29, 1.82) is 0 Å². The lowest BCUT2D eigenvalue weighted by atomic mass is 10.1. The number of nitrogens with one attached hydrogen (secondary N) is 1. The average molecular weight is 373 g/mol. The summed E-state index contributed by atoms with van der Waals surface area (Å²) >= 11 is 9.64. The van der Waals surface area contributed by atoms with Gasteiger partial charge in [0.1, 0.15) is 0 Å². The Bertz CT molecular complexity index is 642. The van der Waals surface area contributed by atoms with E-state index in [0.29, 0.717) is 11.6 Å². The maximum absolute atomic E-state index is 6.15. The molecule has 0 saturated heterocycles. The van der Waals surface area contributed by atoms with Crippen LogP contribution in [0.1, 0.15) is 31.1 Å². The monoisotopic (exact) mass is 371 g/mol. The summed E-state index contributed by atoms with van der Waals surface area (Å²) < 4.78 is 8.37. The molecule has 0 spiro atoms. The van der Waals surface area contributed by atoms with Crippen molar-refractivity contribution in [3.63, 3.8) is 0 Å². The normalized spacial score (nSPS) is 12.3. The predicted molar refractivity (Wildman–Crippen MR) is 90.3 cm³/mol. The second-order valence-corrected chi connectivity index (χ2v) is 6.20. The Hall–Kier alpha value is -1.20. The molecule has 1 N–H and O–H groups in total. The third-order valence-electron chi connectivity index (χ3n) is 3.19. The largest absolute Gasteiger partial charge is 0.491 e. The summed E-state index contributed by atoms with van der Waals surface area (Å²) in [5, 5.41) is 8.49. The Morgan fingerprint density at radius 1 is 1.48 bits per heavy atom. The molecule has 0 bridgehead atoms. The van der Waals surface area contributed by atoms with Crippen LogP contribution in [0.3, 0.4) is 0 Å². The standard InChI is InChI=1S/C15H19BrClN3O/c1-5-21-15-13(16)6-11(17)7-14(15)18-9(2)12-8-20(4)19-10(12)3/h6-9,18H,5H2,1-4H3. The first kappa shape index (κ1) is 16.2. The molecule has 1 heterocycles. The van der Waals surface area contributed by atoms with Crippen LogP contribution in [-0.2, 0) is 7.05 Å². The van der Waals surface area contributed by atoms with E-state index in [-0.39, 0.29) is 6.04 Å². The molecule has 1 aromatic carbocycles. The minimum atomic E-state index is 0.100. The molecule has 21 heavy (non-hydrogen) atoms. The Morgan fingerprint density at radius 3 is 2.76 bits per heavy atom. The molecule has 0 aliphatic rings. The Kier molecular flexibility index (Phi) is 5.17. The van der Waals surface area contributed by atoms with Crippen LogP contribution in [-0.4, -0.2) is 16.4 Å². The molecule has 2 aromatic rings. The number of nitrogens with zero attached hydrogens (tertiary/aromatic N) is 2. The fourth-order valence-corrected chi connectivity index (χ4v) is 3.24. The van der Waals surface area contributed by atoms with Crippen LogP contribution in [0.15, 0.2) is 22.8 Å². The van der Waals surface area contributed by atoms with Gasteiger partial charge in [0.05, 0.1) is 28.5 Å². The maximum atomic E-state index is 6.15. The second kappa shape index (κ2) is 6.71. The zero-order valence-electron chi connectivity index (χ0n) is 12.6. The smallest absolute Gasteiger partial charge is 0.156 e. The van der Waals surface area contributed by atoms with Crippen LogP contribution < -0.4 is 10.1 Å². The zero-order chi connectivity index (χ0) is 15.6. The van der Waals surface area contributed by atoms with E-state index in [2.05, 4.69) is 33.3 Å². The van der Waals surface area contributed by atoms with Gasteiger partial charge in [0.25, 0.3) is 0 Å². The van der Waals surface area contributed by atoms with Gasteiger partial charge in [-0.25, -0.2) is 0 Å². The summed E-state index contributed by atoms with van der Waals surface area (Å²) in [5.74, 6) is 0.773. The Labute approximate surface area is 138 Å². The molecule has 2 rings (SSSR count). The van der Waals surface area contributed by atoms with Gasteiger partial charge in [-0.1, -0.05) is 11.6 Å². The molecule has 0 aliphatic carbocycles. The van der Waals surface area contributed by atoms with Crippen LogP contribution in [0, 0.1) is 6.92 Å². The third-order valence-corrected chi connectivity index (χ3v) is 3.99. The summed E-state index contributed by atoms with van der Waals surface area (Å²) in [6.07, 6.45) is 2.02. The fraction of sp³-hybridized carbons (Fsp3) is 0.400. The van der Waals surface area contributed by atoms with E-state index in [1.54, 1.807) is 0 Å². The highest BCUT2D eigenvalue weighted by atomic mass is 79.9. The fourth-order valence-electron chi connectivity index (χ4n) is 2.31. The number of ether oxygens (including phenoxy) is 1. The first-order valence-electron chi connectivity index (χ1n) is 6.80. The molecule has 114 valence electrons. The van der Waals surface area contributed by atoms with E-state index in [1.165, 1.54) is 0 Å². The highest BCUT2D eigenvalue weighted by molar-refractivity contribution is 9.10. The van der Waals surface area contributed by atoms with Gasteiger partial charge < -0.3 is 10.1 Å². The van der Waals surface area contributed by atoms with E-state index in [0.717, 1.165) is 27.2 Å². The van der Waals surface area contributed by atoms with Crippen LogP contribution in [0.2, 0.25) is 5.02 Å². The van der Waals surface area contributed by atoms with Gasteiger partial charge >= 0.3 is 0 Å². The van der Waals surface area contributed by atoms with Crippen LogP contribution in [0.5, 0.6) is 5.75 Å². The summed E-state index contributed by atoms with van der Waals surface area (Å²) in [6.45, 7) is 6.65. The van der Waals surface area contributed by atoms with Crippen LogP contribution in [0.25, 0.3) is 0 Å². The zero-order valence-corrected chi connectivity index (χ0v) is 14.9. The molecular weight excluding hydrogens is 354 g/mol. The number of halogens is 2. The number of aryl methyl sites for hydroxylation is 2. The number of aromatic nitrogens is 2. The van der Waals surface area contributed by atoms with Crippen LogP contribution in [0.4, 0.5) is 5.69 Å². The molecule has 0 aliphatic heterocycles. The molecule has 0 saturated carbocycles. The number of hydrogen-bond acceptors (Lipinski definition) is 3. The Balaban J connectivity index is 2.32. The first-order valence-corrected chi connectivity index (χ1v) is 7.98. The summed E-state index contributed by atoms with van der Waals surface area (Å²) in [6, 6.07) is 3.81. The van der Waals surface area contributed by atoms with Gasteiger partial charge in [-0.2, -0.15) is 5.10 Å². The quantitative estimate of drug-likeness (QED) is 0.825. The topological polar surface area (TPSA) is 39.1 Å². The average Bonchev–Trinajstić information content (AvgIpc) is 2.72. The summed E-state index contributed by atoms with van der Waals surface area (Å²) in [7, 11) is 1.92. The summed E-state index contributed by atoms with van der Waals surface area (Å²) in [4.78, 5) is 0. The first-order chi connectivity index (χ1) is 9.92. The number of hydrogen-bond donors (Lipinski definition) is 1. The van der Waals surface area contributed by atoms with Crippen LogP contribution >= 0.6 is 27.5 Å². The number of anilines is 1. The van der Waals surface area contributed by atoms with Gasteiger partial charge in [-0.05, 0) is 48.8 Å². The number of rotatable bonds is 5. The second-order valence-electron chi connectivity index (χ2n) is 4.91. The molecule has 1 aromatic heterocycles. The lowest BCUT2D eigenvalue weighted by Crippen LogP contribution is -2.09. The third kappa shape index (κ3) is 3.71. The van der Waals surface area contributed by atoms with Gasteiger partial charge in [0.15, 0.2) is 5.75 Å². The highest BCUT2D eigenvalue weighted by Gasteiger charge is 2.16. The van der Waals surface area contributed by atoms with E-state index < -0.39 is 0 Å². The van der Waals surface area contributed by atoms with Gasteiger partial charge in [-0.15, -0.1) is 0 Å². The maximum Gasteiger partial charge on any atom is 0.156 e. The van der Waals surface area contributed by atoms with Crippen molar-refractivity contribution in [1.82, 2.24) is 9.78 Å². The molecule has 4 nitrogen and oxygen atoms in total. The summed E-state index contributed by atoms with van der Waals surface area (Å²) in [5.41, 5.74) is 3.03. The van der Waals surface area contributed by atoms with Crippen molar-refractivity contribution in [3.05, 3.63) is 39.1 Å². The van der Waals surface area contributed by atoms with Crippen molar-refractivity contribution in [2.45, 2.75) is 26.8 Å². The minimum absolute atomic E-state index is 0.100. The van der Waals surface area contributed by atoms with Crippen molar-refractivity contribution in [2.75, 3.05) is 11.9 Å². The molecule has 0 amide bonds. The lowest BCUT2D eigenvalue weighted by Gasteiger charge is -2.19. The van der Waals surface area contributed by atoms with E-state index in [4.69, 9.17) is 16.3 Å². The van der Waals surface area contributed by atoms with E-state index in [9.17, 15) is 0 Å². The van der Waals surface area contributed by atoms with E-state index in [1.807, 2.05) is 43.9 Å². The van der Waals surface area contributed by atoms with Gasteiger partial charge in [0, 0.05) is 23.8 Å².